The van der Waals surface area contributed by atoms with Gasteiger partial charge >= 0.3 is 0 Å². The van der Waals surface area contributed by atoms with E-state index in [-0.39, 0.29) is 5.84 Å². The second kappa shape index (κ2) is 6.74. The van der Waals surface area contributed by atoms with Gasteiger partial charge in [-0.15, -0.1) is 0 Å². The topological polar surface area (TPSA) is 77.1 Å². The molecule has 0 atom stereocenters. The van der Waals surface area contributed by atoms with Gasteiger partial charge in [0.05, 0.1) is 19.3 Å². The Morgan fingerprint density at radius 3 is 2.72 bits per heavy atom. The number of nitrogens with zero attached hydrogens (tertiary/aromatic N) is 1. The van der Waals surface area contributed by atoms with Crippen LogP contribution in [0.15, 0.2) is 23.4 Å². The Morgan fingerprint density at radius 2 is 2.17 bits per heavy atom. The Bertz CT molecular complexity index is 417. The first-order valence-corrected chi connectivity index (χ1v) is 5.87. The maximum absolute atomic E-state index is 8.76. The van der Waals surface area contributed by atoms with Gasteiger partial charge in [-0.1, -0.05) is 25.1 Å². The molecule has 1 aromatic rings. The summed E-state index contributed by atoms with van der Waals surface area (Å²) in [5.41, 5.74) is 6.14. The number of para-hydroxylation sites is 1. The number of ether oxygens (including phenoxy) is 2. The van der Waals surface area contributed by atoms with Crippen LogP contribution in [-0.4, -0.2) is 24.8 Å². The molecule has 5 nitrogen and oxygen atoms in total. The van der Waals surface area contributed by atoms with E-state index >= 15 is 0 Å². The van der Waals surface area contributed by atoms with Gasteiger partial charge in [0.15, 0.2) is 17.3 Å². The van der Waals surface area contributed by atoms with Crippen LogP contribution in [0.3, 0.4) is 0 Å². The van der Waals surface area contributed by atoms with Crippen LogP contribution in [0.1, 0.15) is 25.8 Å². The first-order chi connectivity index (χ1) is 8.60. The summed E-state index contributed by atoms with van der Waals surface area (Å²) >= 11 is 0. The second-order valence-corrected chi connectivity index (χ2v) is 4.35. The first-order valence-electron chi connectivity index (χ1n) is 5.87. The molecule has 0 bridgehead atoms. The van der Waals surface area contributed by atoms with Gasteiger partial charge in [-0.05, 0) is 24.5 Å². The molecule has 0 spiro atoms. The Labute approximate surface area is 107 Å². The highest BCUT2D eigenvalue weighted by atomic mass is 16.5. The Balaban J connectivity index is 2.97. The normalized spacial score (nSPS) is 11.7. The molecule has 0 aliphatic heterocycles. The third-order valence-electron chi connectivity index (χ3n) is 2.52. The molecule has 0 saturated carbocycles. The van der Waals surface area contributed by atoms with Crippen LogP contribution in [0.25, 0.3) is 0 Å². The lowest BCUT2D eigenvalue weighted by Gasteiger charge is -2.15. The summed E-state index contributed by atoms with van der Waals surface area (Å²) in [5.74, 6) is 1.64. The zero-order chi connectivity index (χ0) is 13.5. The number of amidine groups is 1. The number of hydrogen-bond donors (Lipinski definition) is 2. The third-order valence-corrected chi connectivity index (χ3v) is 2.52. The maximum atomic E-state index is 8.76. The molecule has 0 unspecified atom stereocenters. The van der Waals surface area contributed by atoms with Crippen molar-refractivity contribution in [2.45, 2.75) is 20.3 Å². The number of benzene rings is 1. The van der Waals surface area contributed by atoms with Crippen molar-refractivity contribution in [2.24, 2.45) is 16.8 Å². The maximum Gasteiger partial charge on any atom is 0.173 e. The first kappa shape index (κ1) is 14.2. The highest BCUT2D eigenvalue weighted by Crippen LogP contribution is 2.31. The SMILES string of the molecule is COc1cccc(/C(N)=N/O)c1OCCC(C)C. The van der Waals surface area contributed by atoms with E-state index in [1.165, 1.54) is 0 Å². The fraction of sp³-hybridized carbons (Fsp3) is 0.462. The van der Waals surface area contributed by atoms with E-state index in [0.717, 1.165) is 6.42 Å². The van der Waals surface area contributed by atoms with Crippen LogP contribution >= 0.6 is 0 Å². The molecule has 5 heteroatoms. The fourth-order valence-electron chi connectivity index (χ4n) is 1.48. The number of hydrogen-bond acceptors (Lipinski definition) is 4. The zero-order valence-corrected chi connectivity index (χ0v) is 11.0. The Hall–Kier alpha value is -1.91. The van der Waals surface area contributed by atoms with Gasteiger partial charge < -0.3 is 20.4 Å². The lowest BCUT2D eigenvalue weighted by atomic mass is 10.1. The number of methoxy groups -OCH3 is 1. The molecule has 0 heterocycles. The van der Waals surface area contributed by atoms with E-state index < -0.39 is 0 Å². The average Bonchev–Trinajstić information content (AvgIpc) is 2.37. The molecule has 3 N–H and O–H groups in total. The van der Waals surface area contributed by atoms with Gasteiger partial charge in [0.1, 0.15) is 0 Å². The van der Waals surface area contributed by atoms with Crippen LogP contribution in [0.4, 0.5) is 0 Å². The molecule has 0 aliphatic rings. The summed E-state index contributed by atoms with van der Waals surface area (Å²) in [4.78, 5) is 0. The summed E-state index contributed by atoms with van der Waals surface area (Å²) < 4.78 is 10.9. The van der Waals surface area contributed by atoms with Crippen molar-refractivity contribution in [3.8, 4) is 11.5 Å². The molecule has 0 radical (unpaired) electrons. The van der Waals surface area contributed by atoms with Crippen molar-refractivity contribution in [1.82, 2.24) is 0 Å². The van der Waals surface area contributed by atoms with Crippen molar-refractivity contribution >= 4 is 5.84 Å². The van der Waals surface area contributed by atoms with Crippen molar-refractivity contribution < 1.29 is 14.7 Å². The fourth-order valence-corrected chi connectivity index (χ4v) is 1.48. The van der Waals surface area contributed by atoms with Crippen LogP contribution in [-0.2, 0) is 0 Å². The Kier molecular flexibility index (Phi) is 5.30. The van der Waals surface area contributed by atoms with Crippen LogP contribution in [0.5, 0.6) is 11.5 Å². The number of rotatable bonds is 6. The van der Waals surface area contributed by atoms with Crippen molar-refractivity contribution in [3.63, 3.8) is 0 Å². The molecule has 0 amide bonds. The standard InChI is InChI=1S/C13H20N2O3/c1-9(2)7-8-18-12-10(13(14)15-16)5-4-6-11(12)17-3/h4-6,9,16H,7-8H2,1-3H3,(H2,14,15). The summed E-state index contributed by atoms with van der Waals surface area (Å²) in [7, 11) is 1.56. The van der Waals surface area contributed by atoms with E-state index in [4.69, 9.17) is 20.4 Å². The predicted octanol–water partition coefficient (Wildman–Crippen LogP) is 2.21. The molecule has 1 rings (SSSR count). The molecule has 1 aromatic carbocycles. The van der Waals surface area contributed by atoms with Crippen molar-refractivity contribution in [1.29, 1.82) is 0 Å². The average molecular weight is 252 g/mol. The van der Waals surface area contributed by atoms with Gasteiger partial charge in [0, 0.05) is 0 Å². The molecule has 100 valence electrons. The van der Waals surface area contributed by atoms with E-state index in [2.05, 4.69) is 19.0 Å². The van der Waals surface area contributed by atoms with Crippen LogP contribution in [0, 0.1) is 5.92 Å². The van der Waals surface area contributed by atoms with Gasteiger partial charge in [0.2, 0.25) is 0 Å². The van der Waals surface area contributed by atoms with E-state index in [9.17, 15) is 0 Å². The van der Waals surface area contributed by atoms with E-state index in [1.54, 1.807) is 25.3 Å². The van der Waals surface area contributed by atoms with Crippen molar-refractivity contribution in [2.75, 3.05) is 13.7 Å². The molecular formula is C13H20N2O3. The van der Waals surface area contributed by atoms with Gasteiger partial charge in [-0.2, -0.15) is 0 Å². The minimum absolute atomic E-state index is 0.00782. The quantitative estimate of drug-likeness (QED) is 0.352. The van der Waals surface area contributed by atoms with Crippen molar-refractivity contribution in [3.05, 3.63) is 23.8 Å². The summed E-state index contributed by atoms with van der Waals surface area (Å²) in [5, 5.41) is 11.8. The molecule has 18 heavy (non-hydrogen) atoms. The molecular weight excluding hydrogens is 232 g/mol. The van der Waals surface area contributed by atoms with Gasteiger partial charge in [-0.25, -0.2) is 0 Å². The van der Waals surface area contributed by atoms with E-state index in [1.807, 2.05) is 0 Å². The molecule has 0 aliphatic carbocycles. The predicted molar refractivity (Wildman–Crippen MR) is 70.5 cm³/mol. The third kappa shape index (κ3) is 3.55. The second-order valence-electron chi connectivity index (χ2n) is 4.35. The summed E-state index contributed by atoms with van der Waals surface area (Å²) in [6.07, 6.45) is 0.924. The van der Waals surface area contributed by atoms with Gasteiger partial charge in [0.25, 0.3) is 0 Å². The Morgan fingerprint density at radius 1 is 1.44 bits per heavy atom. The zero-order valence-electron chi connectivity index (χ0n) is 11.0. The largest absolute Gasteiger partial charge is 0.493 e. The number of nitrogens with two attached hydrogens (primary N) is 1. The minimum Gasteiger partial charge on any atom is -0.493 e. The minimum atomic E-state index is 0.00782. The van der Waals surface area contributed by atoms with Gasteiger partial charge in [-0.3, -0.25) is 0 Å². The molecule has 0 aromatic heterocycles. The highest BCUT2D eigenvalue weighted by molar-refractivity contribution is 6.00. The molecule has 0 fully saturated rings. The van der Waals surface area contributed by atoms with Crippen LogP contribution in [0.2, 0.25) is 0 Å². The van der Waals surface area contributed by atoms with Crippen LogP contribution < -0.4 is 15.2 Å². The summed E-state index contributed by atoms with van der Waals surface area (Å²) in [6, 6.07) is 5.27. The number of oxime groups is 1. The molecule has 0 saturated heterocycles. The monoisotopic (exact) mass is 252 g/mol. The lowest BCUT2D eigenvalue weighted by molar-refractivity contribution is 0.272. The van der Waals surface area contributed by atoms with E-state index in [0.29, 0.717) is 29.6 Å². The summed E-state index contributed by atoms with van der Waals surface area (Å²) in [6.45, 7) is 4.80. The highest BCUT2D eigenvalue weighted by Gasteiger charge is 2.14. The lowest BCUT2D eigenvalue weighted by Crippen LogP contribution is -2.16. The smallest absolute Gasteiger partial charge is 0.173 e.